The van der Waals surface area contributed by atoms with Crippen LogP contribution in [0.3, 0.4) is 0 Å². The number of benzene rings is 9. The standard InChI is InChI=1S/C54H39N/c1-4-13-40(14-5-1)42-23-25-44(26-24-42)45-31-35-50(36-32-45)55(51-37-33-48(34-38-51)54-22-11-10-21-53(54)47-17-8-3-9-18-47)52-20-12-19-49(39-52)46-29-27-43(28-30-46)41-15-6-2-7-16-41/h1-39H. The lowest BCUT2D eigenvalue weighted by Crippen LogP contribution is -2.10. The summed E-state index contributed by atoms with van der Waals surface area (Å²) in [6.45, 7) is 0. The van der Waals surface area contributed by atoms with Crippen molar-refractivity contribution in [1.29, 1.82) is 0 Å². The molecule has 1 nitrogen and oxygen atoms in total. The van der Waals surface area contributed by atoms with Crippen molar-refractivity contribution in [3.63, 3.8) is 0 Å². The summed E-state index contributed by atoms with van der Waals surface area (Å²) in [5, 5.41) is 0. The lowest BCUT2D eigenvalue weighted by molar-refractivity contribution is 1.28. The zero-order chi connectivity index (χ0) is 36.8. The highest BCUT2D eigenvalue weighted by Gasteiger charge is 2.15. The highest BCUT2D eigenvalue weighted by Crippen LogP contribution is 2.40. The molecule has 0 amide bonds. The van der Waals surface area contributed by atoms with E-state index in [1.54, 1.807) is 0 Å². The second-order valence-electron chi connectivity index (χ2n) is 13.8. The molecule has 55 heavy (non-hydrogen) atoms. The quantitative estimate of drug-likeness (QED) is 0.145. The largest absolute Gasteiger partial charge is 0.310 e. The van der Waals surface area contributed by atoms with Gasteiger partial charge in [-0.2, -0.15) is 0 Å². The zero-order valence-corrected chi connectivity index (χ0v) is 30.5. The van der Waals surface area contributed by atoms with Crippen LogP contribution in [0.1, 0.15) is 0 Å². The molecule has 0 N–H and O–H groups in total. The van der Waals surface area contributed by atoms with Crippen LogP contribution < -0.4 is 4.90 Å². The van der Waals surface area contributed by atoms with Crippen LogP contribution in [0, 0.1) is 0 Å². The van der Waals surface area contributed by atoms with Crippen molar-refractivity contribution in [3.05, 3.63) is 237 Å². The molecule has 0 heterocycles. The molecule has 0 atom stereocenters. The smallest absolute Gasteiger partial charge is 0.0467 e. The fourth-order valence-corrected chi connectivity index (χ4v) is 7.44. The van der Waals surface area contributed by atoms with E-state index in [1.165, 1.54) is 66.8 Å². The Labute approximate surface area is 324 Å². The van der Waals surface area contributed by atoms with Crippen LogP contribution in [0.25, 0.3) is 66.8 Å². The van der Waals surface area contributed by atoms with Crippen LogP contribution in [0.2, 0.25) is 0 Å². The van der Waals surface area contributed by atoms with Gasteiger partial charge in [-0.15, -0.1) is 0 Å². The van der Waals surface area contributed by atoms with Crippen LogP contribution in [0.5, 0.6) is 0 Å². The third-order valence-electron chi connectivity index (χ3n) is 10.3. The highest BCUT2D eigenvalue weighted by molar-refractivity contribution is 5.86. The molecule has 0 unspecified atom stereocenters. The van der Waals surface area contributed by atoms with Crippen molar-refractivity contribution in [3.8, 4) is 66.8 Å². The van der Waals surface area contributed by atoms with E-state index in [-0.39, 0.29) is 0 Å². The summed E-state index contributed by atoms with van der Waals surface area (Å²) in [5.41, 5.74) is 17.8. The van der Waals surface area contributed by atoms with Gasteiger partial charge in [-0.3, -0.25) is 0 Å². The number of rotatable bonds is 9. The molecule has 1 heteroatoms. The van der Waals surface area contributed by atoms with Crippen LogP contribution >= 0.6 is 0 Å². The van der Waals surface area contributed by atoms with Crippen molar-refractivity contribution in [1.82, 2.24) is 0 Å². The minimum atomic E-state index is 1.09. The molecule has 0 bridgehead atoms. The van der Waals surface area contributed by atoms with Gasteiger partial charge in [0.1, 0.15) is 0 Å². The minimum absolute atomic E-state index is 1.09. The fourth-order valence-electron chi connectivity index (χ4n) is 7.44. The molecule has 0 aliphatic carbocycles. The van der Waals surface area contributed by atoms with Gasteiger partial charge < -0.3 is 4.90 Å². The first-order valence-electron chi connectivity index (χ1n) is 18.8. The SMILES string of the molecule is c1ccc(-c2ccc(-c3ccc(N(c4ccc(-c5ccccc5-c5ccccc5)cc4)c4cccc(-c5ccc(-c6ccccc6)cc5)c4)cc3)cc2)cc1. The molecule has 9 aromatic carbocycles. The maximum Gasteiger partial charge on any atom is 0.0467 e. The molecule has 260 valence electrons. The summed E-state index contributed by atoms with van der Waals surface area (Å²) >= 11 is 0. The minimum Gasteiger partial charge on any atom is -0.310 e. The topological polar surface area (TPSA) is 3.24 Å². The van der Waals surface area contributed by atoms with Crippen molar-refractivity contribution < 1.29 is 0 Å². The Kier molecular flexibility index (Phi) is 9.41. The van der Waals surface area contributed by atoms with Crippen molar-refractivity contribution in [2.45, 2.75) is 0 Å². The number of nitrogens with zero attached hydrogens (tertiary/aromatic N) is 1. The Hall–Kier alpha value is -7.22. The Balaban J connectivity index is 1.07. The predicted octanol–water partition coefficient (Wildman–Crippen LogP) is 15.2. The lowest BCUT2D eigenvalue weighted by atomic mass is 9.94. The van der Waals surface area contributed by atoms with E-state index in [4.69, 9.17) is 0 Å². The number of hydrogen-bond acceptors (Lipinski definition) is 1. The summed E-state index contributed by atoms with van der Waals surface area (Å²) in [5.74, 6) is 0. The summed E-state index contributed by atoms with van der Waals surface area (Å²) in [6, 6.07) is 84.9. The van der Waals surface area contributed by atoms with Gasteiger partial charge in [0, 0.05) is 17.1 Å². The first-order chi connectivity index (χ1) is 27.3. The van der Waals surface area contributed by atoms with Gasteiger partial charge in [0.15, 0.2) is 0 Å². The van der Waals surface area contributed by atoms with E-state index in [0.29, 0.717) is 0 Å². The van der Waals surface area contributed by atoms with Gasteiger partial charge in [-0.25, -0.2) is 0 Å². The van der Waals surface area contributed by atoms with Crippen LogP contribution in [0.15, 0.2) is 237 Å². The average Bonchev–Trinajstić information content (AvgIpc) is 3.28. The van der Waals surface area contributed by atoms with Gasteiger partial charge in [0.25, 0.3) is 0 Å². The third kappa shape index (κ3) is 7.25. The van der Waals surface area contributed by atoms with E-state index in [1.807, 2.05) is 0 Å². The molecule has 0 radical (unpaired) electrons. The number of hydrogen-bond donors (Lipinski definition) is 0. The molecule has 0 aliphatic rings. The second-order valence-corrected chi connectivity index (χ2v) is 13.8. The van der Waals surface area contributed by atoms with Crippen molar-refractivity contribution in [2.75, 3.05) is 4.90 Å². The summed E-state index contributed by atoms with van der Waals surface area (Å²) in [4.78, 5) is 2.36. The second kappa shape index (κ2) is 15.4. The number of anilines is 3. The molecule has 0 spiro atoms. The van der Waals surface area contributed by atoms with Crippen LogP contribution in [0.4, 0.5) is 17.1 Å². The lowest BCUT2D eigenvalue weighted by Gasteiger charge is -2.26. The van der Waals surface area contributed by atoms with E-state index in [2.05, 4.69) is 241 Å². The maximum absolute atomic E-state index is 2.36. The maximum atomic E-state index is 2.36. The highest BCUT2D eigenvalue weighted by atomic mass is 15.1. The molecule has 9 rings (SSSR count). The van der Waals surface area contributed by atoms with Crippen LogP contribution in [-0.2, 0) is 0 Å². The summed E-state index contributed by atoms with van der Waals surface area (Å²) in [7, 11) is 0. The summed E-state index contributed by atoms with van der Waals surface area (Å²) < 4.78 is 0. The Bertz CT molecular complexity index is 2630. The van der Waals surface area contributed by atoms with Gasteiger partial charge in [0.05, 0.1) is 0 Å². The fraction of sp³-hybridized carbons (Fsp3) is 0. The van der Waals surface area contributed by atoms with E-state index in [0.717, 1.165) is 17.1 Å². The molecule has 0 saturated heterocycles. The summed E-state index contributed by atoms with van der Waals surface area (Å²) in [6.07, 6.45) is 0. The Morgan fingerprint density at radius 3 is 0.909 bits per heavy atom. The van der Waals surface area contributed by atoms with Gasteiger partial charge in [-0.1, -0.05) is 200 Å². The molecular weight excluding hydrogens is 663 g/mol. The molecule has 0 fully saturated rings. The van der Waals surface area contributed by atoms with Gasteiger partial charge >= 0.3 is 0 Å². The van der Waals surface area contributed by atoms with Crippen molar-refractivity contribution >= 4 is 17.1 Å². The normalized spacial score (nSPS) is 10.9. The van der Waals surface area contributed by atoms with E-state index < -0.39 is 0 Å². The van der Waals surface area contributed by atoms with Crippen LogP contribution in [-0.4, -0.2) is 0 Å². The Morgan fingerprint density at radius 2 is 0.473 bits per heavy atom. The first kappa shape index (κ1) is 33.6. The molecule has 0 aliphatic heterocycles. The predicted molar refractivity (Wildman–Crippen MR) is 234 cm³/mol. The van der Waals surface area contributed by atoms with Gasteiger partial charge in [0.2, 0.25) is 0 Å². The van der Waals surface area contributed by atoms with Gasteiger partial charge in [-0.05, 0) is 103 Å². The zero-order valence-electron chi connectivity index (χ0n) is 30.5. The monoisotopic (exact) mass is 701 g/mol. The third-order valence-corrected chi connectivity index (χ3v) is 10.3. The molecule has 0 saturated carbocycles. The average molecular weight is 702 g/mol. The van der Waals surface area contributed by atoms with E-state index >= 15 is 0 Å². The Morgan fingerprint density at radius 1 is 0.182 bits per heavy atom. The molecule has 9 aromatic rings. The van der Waals surface area contributed by atoms with Crippen molar-refractivity contribution in [2.24, 2.45) is 0 Å². The molecule has 0 aromatic heterocycles. The van der Waals surface area contributed by atoms with E-state index in [9.17, 15) is 0 Å². The molecular formula is C54H39N. The first-order valence-corrected chi connectivity index (χ1v) is 18.8.